The van der Waals surface area contributed by atoms with Crippen molar-refractivity contribution in [3.63, 3.8) is 0 Å². The zero-order valence-electron chi connectivity index (χ0n) is 15.8. The maximum absolute atomic E-state index is 13.4. The van der Waals surface area contributed by atoms with E-state index in [0.29, 0.717) is 5.92 Å². The second-order valence-corrected chi connectivity index (χ2v) is 8.38. The van der Waals surface area contributed by atoms with E-state index in [1.54, 1.807) is 12.1 Å². The molecule has 1 aromatic rings. The molecular formula is C23H28F3N. The van der Waals surface area contributed by atoms with Crippen LogP contribution in [-0.4, -0.2) is 0 Å². The van der Waals surface area contributed by atoms with Crippen LogP contribution in [-0.2, 0) is 0 Å². The highest BCUT2D eigenvalue weighted by molar-refractivity contribution is 5.22. The van der Waals surface area contributed by atoms with Crippen LogP contribution in [0.3, 0.4) is 0 Å². The zero-order chi connectivity index (χ0) is 19.2. The molecule has 0 atom stereocenters. The summed E-state index contributed by atoms with van der Waals surface area (Å²) < 4.78 is 39.6. The van der Waals surface area contributed by atoms with Gasteiger partial charge in [0.25, 0.3) is 0 Å². The van der Waals surface area contributed by atoms with Crippen molar-refractivity contribution in [2.45, 2.75) is 70.1 Å². The second kappa shape index (κ2) is 9.44. The third-order valence-corrected chi connectivity index (χ3v) is 6.63. The fourth-order valence-electron chi connectivity index (χ4n) is 4.91. The Bertz CT molecular complexity index is 690. The number of rotatable bonds is 5. The third kappa shape index (κ3) is 5.61. The van der Waals surface area contributed by atoms with Crippen LogP contribution >= 0.6 is 0 Å². The highest BCUT2D eigenvalue weighted by Crippen LogP contribution is 2.40. The lowest BCUT2D eigenvalue weighted by molar-refractivity contribution is 0.245. The zero-order valence-corrected chi connectivity index (χ0v) is 15.8. The number of nitriles is 1. The van der Waals surface area contributed by atoms with Gasteiger partial charge in [0, 0.05) is 0 Å². The van der Waals surface area contributed by atoms with Gasteiger partial charge in [-0.1, -0.05) is 18.9 Å². The number of hydrogen-bond acceptors (Lipinski definition) is 1. The van der Waals surface area contributed by atoms with Crippen LogP contribution in [0.2, 0.25) is 0 Å². The molecule has 146 valence electrons. The van der Waals surface area contributed by atoms with Gasteiger partial charge < -0.3 is 0 Å². The van der Waals surface area contributed by atoms with Gasteiger partial charge in [0.2, 0.25) is 0 Å². The lowest BCUT2D eigenvalue weighted by Crippen LogP contribution is -2.17. The molecule has 2 aliphatic carbocycles. The van der Waals surface area contributed by atoms with E-state index in [-0.39, 0.29) is 5.92 Å². The Morgan fingerprint density at radius 1 is 0.926 bits per heavy atom. The minimum absolute atomic E-state index is 0.229. The summed E-state index contributed by atoms with van der Waals surface area (Å²) in [6.07, 6.45) is 12.6. The van der Waals surface area contributed by atoms with Crippen LogP contribution in [0.4, 0.5) is 13.2 Å². The predicted molar refractivity (Wildman–Crippen MR) is 101 cm³/mol. The first-order chi connectivity index (χ1) is 13.0. The number of allylic oxidation sites excluding steroid dienone is 2. The Kier molecular flexibility index (Phi) is 6.99. The van der Waals surface area contributed by atoms with E-state index in [1.165, 1.54) is 31.1 Å². The lowest BCUT2D eigenvalue weighted by Gasteiger charge is -2.31. The van der Waals surface area contributed by atoms with Crippen molar-refractivity contribution in [1.29, 1.82) is 5.26 Å². The Labute approximate surface area is 160 Å². The average Bonchev–Trinajstić information content (AvgIpc) is 2.70. The fraction of sp³-hybridized carbons (Fsp3) is 0.609. The number of halogens is 3. The SMILES string of the molecule is N#C/C(F)=C/[C@H]1CC[C@H](CC[C@H]2CC[C@H](c3ccc(F)c(F)c3)CC2)CC1. The molecule has 0 heterocycles. The Balaban J connectivity index is 1.38. The topological polar surface area (TPSA) is 23.8 Å². The van der Waals surface area contributed by atoms with Gasteiger partial charge in [0.15, 0.2) is 17.5 Å². The van der Waals surface area contributed by atoms with Crippen LogP contribution in [0.5, 0.6) is 0 Å². The molecule has 3 rings (SSSR count). The molecule has 0 aromatic heterocycles. The monoisotopic (exact) mass is 375 g/mol. The summed E-state index contributed by atoms with van der Waals surface area (Å²) in [5, 5.41) is 8.53. The number of hydrogen-bond donors (Lipinski definition) is 0. The third-order valence-electron chi connectivity index (χ3n) is 6.63. The molecule has 2 aliphatic rings. The quantitative estimate of drug-likeness (QED) is 0.499. The van der Waals surface area contributed by atoms with Gasteiger partial charge in [-0.3, -0.25) is 0 Å². The maximum atomic E-state index is 13.4. The maximum Gasteiger partial charge on any atom is 0.196 e. The standard InChI is InChI=1S/C23H28F3N/c24-21(15-27)13-18-5-3-16(4-6-18)1-2-17-7-9-19(10-8-17)20-11-12-22(25)23(26)14-20/h11-14,16-19H,1-10H2/b21-13-/t16-,17-,18-,19-. The molecule has 0 spiro atoms. The molecule has 27 heavy (non-hydrogen) atoms. The summed E-state index contributed by atoms with van der Waals surface area (Å²) in [6, 6.07) is 5.90. The molecule has 0 aliphatic heterocycles. The van der Waals surface area contributed by atoms with Crippen molar-refractivity contribution in [3.8, 4) is 6.07 Å². The molecule has 0 amide bonds. The highest BCUT2D eigenvalue weighted by Gasteiger charge is 2.25. The molecule has 0 radical (unpaired) electrons. The second-order valence-electron chi connectivity index (χ2n) is 8.38. The van der Waals surface area contributed by atoms with Crippen molar-refractivity contribution in [2.24, 2.45) is 17.8 Å². The molecule has 1 nitrogen and oxygen atoms in total. The molecule has 0 unspecified atom stereocenters. The molecule has 0 N–H and O–H groups in total. The molecule has 0 saturated heterocycles. The van der Waals surface area contributed by atoms with Crippen molar-refractivity contribution in [2.75, 3.05) is 0 Å². The summed E-state index contributed by atoms with van der Waals surface area (Å²) >= 11 is 0. The fourth-order valence-corrected chi connectivity index (χ4v) is 4.91. The van der Waals surface area contributed by atoms with Crippen LogP contribution in [0.25, 0.3) is 0 Å². The Morgan fingerprint density at radius 2 is 1.52 bits per heavy atom. The summed E-state index contributed by atoms with van der Waals surface area (Å²) in [5.74, 6) is -0.107. The smallest absolute Gasteiger partial charge is 0.196 e. The van der Waals surface area contributed by atoms with E-state index in [0.717, 1.165) is 68.8 Å². The first-order valence-electron chi connectivity index (χ1n) is 10.3. The van der Waals surface area contributed by atoms with Crippen LogP contribution in [0.1, 0.15) is 75.7 Å². The number of nitrogens with zero attached hydrogens (tertiary/aromatic N) is 1. The summed E-state index contributed by atoms with van der Waals surface area (Å²) in [5.41, 5.74) is 0.934. The van der Waals surface area contributed by atoms with E-state index >= 15 is 0 Å². The Hall–Kier alpha value is -1.76. The number of benzene rings is 1. The predicted octanol–water partition coefficient (Wildman–Crippen LogP) is 7.20. The normalized spacial score (nSPS) is 29.3. The molecular weight excluding hydrogens is 347 g/mol. The highest BCUT2D eigenvalue weighted by atomic mass is 19.2. The van der Waals surface area contributed by atoms with E-state index in [4.69, 9.17) is 5.26 Å². The van der Waals surface area contributed by atoms with Gasteiger partial charge in [-0.05, 0) is 98.8 Å². The average molecular weight is 375 g/mol. The summed E-state index contributed by atoms with van der Waals surface area (Å²) in [6.45, 7) is 0. The van der Waals surface area contributed by atoms with Gasteiger partial charge in [0.1, 0.15) is 6.07 Å². The molecule has 4 heteroatoms. The summed E-state index contributed by atoms with van der Waals surface area (Å²) in [4.78, 5) is 0. The van der Waals surface area contributed by atoms with E-state index < -0.39 is 17.5 Å². The Morgan fingerprint density at radius 3 is 2.07 bits per heavy atom. The summed E-state index contributed by atoms with van der Waals surface area (Å²) in [7, 11) is 0. The van der Waals surface area contributed by atoms with Crippen molar-refractivity contribution in [1.82, 2.24) is 0 Å². The first kappa shape index (κ1) is 20.0. The van der Waals surface area contributed by atoms with Crippen LogP contribution in [0, 0.1) is 40.7 Å². The van der Waals surface area contributed by atoms with Crippen LogP contribution in [0.15, 0.2) is 30.1 Å². The van der Waals surface area contributed by atoms with Crippen molar-refractivity contribution >= 4 is 0 Å². The van der Waals surface area contributed by atoms with Gasteiger partial charge in [-0.15, -0.1) is 0 Å². The van der Waals surface area contributed by atoms with Gasteiger partial charge in [0.05, 0.1) is 0 Å². The minimum Gasteiger partial charge on any atom is -0.204 e. The van der Waals surface area contributed by atoms with Gasteiger partial charge in [-0.2, -0.15) is 9.65 Å². The molecule has 2 saturated carbocycles. The largest absolute Gasteiger partial charge is 0.204 e. The van der Waals surface area contributed by atoms with Crippen LogP contribution < -0.4 is 0 Å². The molecule has 2 fully saturated rings. The van der Waals surface area contributed by atoms with Crippen molar-refractivity contribution < 1.29 is 13.2 Å². The van der Waals surface area contributed by atoms with Crippen molar-refractivity contribution in [3.05, 3.63) is 47.3 Å². The first-order valence-corrected chi connectivity index (χ1v) is 10.3. The minimum atomic E-state index is -0.770. The van der Waals surface area contributed by atoms with Gasteiger partial charge >= 0.3 is 0 Å². The lowest BCUT2D eigenvalue weighted by atomic mass is 9.74. The van der Waals surface area contributed by atoms with Gasteiger partial charge in [-0.25, -0.2) is 8.78 Å². The van der Waals surface area contributed by atoms with E-state index in [2.05, 4.69) is 0 Å². The van der Waals surface area contributed by atoms with E-state index in [9.17, 15) is 13.2 Å². The molecule has 1 aromatic carbocycles. The van der Waals surface area contributed by atoms with E-state index in [1.807, 2.05) is 0 Å². The molecule has 0 bridgehead atoms.